The summed E-state index contributed by atoms with van der Waals surface area (Å²) in [5.41, 5.74) is 0. The second kappa shape index (κ2) is 9.24. The van der Waals surface area contributed by atoms with E-state index >= 15 is 0 Å². The molecule has 2 heterocycles. The molecule has 0 saturated carbocycles. The van der Waals surface area contributed by atoms with Gasteiger partial charge in [0.2, 0.25) is 12.3 Å². The molecule has 0 aliphatic carbocycles. The first-order valence-electron chi connectivity index (χ1n) is 7.61. The monoisotopic (exact) mass is 352 g/mol. The van der Waals surface area contributed by atoms with Crippen LogP contribution in [0.5, 0.6) is 0 Å². The van der Waals surface area contributed by atoms with Gasteiger partial charge in [0.15, 0.2) is 0 Å². The summed E-state index contributed by atoms with van der Waals surface area (Å²) >= 11 is 1.54. The molecule has 9 heteroatoms. The lowest BCUT2D eigenvalue weighted by atomic mass is 10.0. The number of nitrogens with zero attached hydrogens (tertiary/aromatic N) is 2. The molecular formula is C15H20N4O4S. The lowest BCUT2D eigenvalue weighted by Crippen LogP contribution is -2.56. The SMILES string of the molecule is CCOC(=O)C(CNC=O)NC(=O)C1CN(Sc2cccnc2)C1. The number of ether oxygens (including phenoxy) is 1. The van der Waals surface area contributed by atoms with E-state index in [9.17, 15) is 14.4 Å². The number of esters is 1. The Hall–Kier alpha value is -2.13. The minimum absolute atomic E-state index is 0.00887. The Morgan fingerprint density at radius 2 is 2.33 bits per heavy atom. The number of amides is 2. The Kier molecular flexibility index (Phi) is 7.01. The van der Waals surface area contributed by atoms with Crippen molar-refractivity contribution in [3.05, 3.63) is 24.5 Å². The van der Waals surface area contributed by atoms with Crippen LogP contribution in [0.4, 0.5) is 0 Å². The molecule has 0 bridgehead atoms. The predicted molar refractivity (Wildman–Crippen MR) is 87.8 cm³/mol. The molecule has 1 aromatic rings. The molecule has 0 aromatic carbocycles. The number of nitrogens with one attached hydrogen (secondary N) is 2. The van der Waals surface area contributed by atoms with Crippen molar-refractivity contribution in [3.63, 3.8) is 0 Å². The van der Waals surface area contributed by atoms with Crippen LogP contribution in [0.1, 0.15) is 6.92 Å². The molecule has 0 radical (unpaired) electrons. The number of aromatic nitrogens is 1. The van der Waals surface area contributed by atoms with Gasteiger partial charge in [-0.1, -0.05) is 0 Å². The fraction of sp³-hybridized carbons (Fsp3) is 0.467. The average Bonchev–Trinajstić information content (AvgIpc) is 2.55. The first-order valence-corrected chi connectivity index (χ1v) is 8.38. The summed E-state index contributed by atoms with van der Waals surface area (Å²) in [5.74, 6) is -0.966. The van der Waals surface area contributed by atoms with Crippen LogP contribution < -0.4 is 10.6 Å². The Labute approximate surface area is 144 Å². The summed E-state index contributed by atoms with van der Waals surface area (Å²) in [6, 6.07) is 2.94. The fourth-order valence-corrected chi connectivity index (χ4v) is 3.17. The van der Waals surface area contributed by atoms with Crippen molar-refractivity contribution in [2.75, 3.05) is 26.2 Å². The summed E-state index contributed by atoms with van der Waals surface area (Å²) in [7, 11) is 0. The van der Waals surface area contributed by atoms with E-state index in [4.69, 9.17) is 4.74 Å². The molecule has 1 aromatic heterocycles. The third kappa shape index (κ3) is 5.20. The molecule has 1 saturated heterocycles. The minimum atomic E-state index is -0.873. The minimum Gasteiger partial charge on any atom is -0.464 e. The molecule has 2 rings (SSSR count). The van der Waals surface area contributed by atoms with Gasteiger partial charge in [0.1, 0.15) is 6.04 Å². The molecule has 1 aliphatic rings. The second-order valence-electron chi connectivity index (χ2n) is 5.16. The van der Waals surface area contributed by atoms with Crippen molar-refractivity contribution < 1.29 is 19.1 Å². The molecule has 1 atom stereocenters. The van der Waals surface area contributed by atoms with Crippen LogP contribution in [0, 0.1) is 5.92 Å². The van der Waals surface area contributed by atoms with E-state index in [0.29, 0.717) is 19.5 Å². The van der Waals surface area contributed by atoms with Gasteiger partial charge >= 0.3 is 5.97 Å². The van der Waals surface area contributed by atoms with Crippen molar-refractivity contribution in [2.24, 2.45) is 5.92 Å². The summed E-state index contributed by atoms with van der Waals surface area (Å²) < 4.78 is 6.95. The zero-order valence-electron chi connectivity index (χ0n) is 13.3. The Morgan fingerprint density at radius 1 is 1.54 bits per heavy atom. The first kappa shape index (κ1) is 18.2. The molecule has 0 spiro atoms. The molecule has 1 unspecified atom stereocenters. The van der Waals surface area contributed by atoms with E-state index in [1.807, 2.05) is 16.4 Å². The number of hydrogen-bond acceptors (Lipinski definition) is 7. The van der Waals surface area contributed by atoms with E-state index in [2.05, 4.69) is 15.6 Å². The van der Waals surface area contributed by atoms with Gasteiger partial charge in [-0.05, 0) is 31.0 Å². The molecule has 8 nitrogen and oxygen atoms in total. The van der Waals surface area contributed by atoms with E-state index in [-0.39, 0.29) is 25.0 Å². The van der Waals surface area contributed by atoms with Gasteiger partial charge in [0.25, 0.3) is 0 Å². The van der Waals surface area contributed by atoms with E-state index < -0.39 is 12.0 Å². The molecule has 130 valence electrons. The first-order chi connectivity index (χ1) is 11.6. The van der Waals surface area contributed by atoms with Crippen LogP contribution in [-0.4, -0.2) is 59.9 Å². The van der Waals surface area contributed by atoms with Crippen LogP contribution in [0.3, 0.4) is 0 Å². The number of carbonyl (C=O) groups is 3. The molecule has 1 aliphatic heterocycles. The summed E-state index contributed by atoms with van der Waals surface area (Å²) in [6.45, 7) is 3.08. The second-order valence-corrected chi connectivity index (χ2v) is 6.33. The normalized spacial score (nSPS) is 15.9. The maximum Gasteiger partial charge on any atom is 0.330 e. The maximum atomic E-state index is 12.2. The highest BCUT2D eigenvalue weighted by atomic mass is 32.2. The third-order valence-electron chi connectivity index (χ3n) is 3.38. The number of carbonyl (C=O) groups excluding carboxylic acids is 3. The quantitative estimate of drug-likeness (QED) is 0.361. The highest BCUT2D eigenvalue weighted by Crippen LogP contribution is 2.29. The van der Waals surface area contributed by atoms with Gasteiger partial charge in [-0.3, -0.25) is 14.6 Å². The maximum absolute atomic E-state index is 12.2. The lowest BCUT2D eigenvalue weighted by Gasteiger charge is -2.37. The van der Waals surface area contributed by atoms with E-state index in [0.717, 1.165) is 4.90 Å². The zero-order valence-corrected chi connectivity index (χ0v) is 14.1. The average molecular weight is 352 g/mol. The molecular weight excluding hydrogens is 332 g/mol. The standard InChI is InChI=1S/C15H20N4O4S/c1-2-23-15(22)13(7-17-10-20)18-14(21)11-8-19(9-11)24-12-4-3-5-16-6-12/h3-6,10-11,13H,2,7-9H2,1H3,(H,17,20)(H,18,21). The Morgan fingerprint density at radius 3 is 2.96 bits per heavy atom. The van der Waals surface area contributed by atoms with Crippen molar-refractivity contribution >= 4 is 30.2 Å². The topological polar surface area (TPSA) is 101 Å². The summed E-state index contributed by atoms with van der Waals surface area (Å²) in [5, 5.41) is 5.03. The number of rotatable bonds is 9. The Balaban J connectivity index is 1.79. The fourth-order valence-electron chi connectivity index (χ4n) is 2.12. The lowest BCUT2D eigenvalue weighted by molar-refractivity contribution is -0.148. The van der Waals surface area contributed by atoms with Gasteiger partial charge < -0.3 is 15.4 Å². The van der Waals surface area contributed by atoms with E-state index in [1.54, 1.807) is 19.3 Å². The van der Waals surface area contributed by atoms with E-state index in [1.165, 1.54) is 11.9 Å². The van der Waals surface area contributed by atoms with Crippen molar-refractivity contribution in [3.8, 4) is 0 Å². The zero-order chi connectivity index (χ0) is 17.4. The Bertz CT molecular complexity index is 566. The van der Waals surface area contributed by atoms with Gasteiger partial charge in [-0.2, -0.15) is 0 Å². The van der Waals surface area contributed by atoms with Crippen LogP contribution in [0.25, 0.3) is 0 Å². The smallest absolute Gasteiger partial charge is 0.330 e. The van der Waals surface area contributed by atoms with Crippen molar-refractivity contribution in [1.82, 2.24) is 19.9 Å². The van der Waals surface area contributed by atoms with Gasteiger partial charge in [0, 0.05) is 36.9 Å². The third-order valence-corrected chi connectivity index (χ3v) is 4.39. The highest BCUT2D eigenvalue weighted by molar-refractivity contribution is 7.97. The van der Waals surface area contributed by atoms with Gasteiger partial charge in [-0.15, -0.1) is 0 Å². The van der Waals surface area contributed by atoms with Gasteiger partial charge in [0.05, 0.1) is 12.5 Å². The molecule has 1 fully saturated rings. The van der Waals surface area contributed by atoms with Gasteiger partial charge in [-0.25, -0.2) is 9.10 Å². The summed E-state index contributed by atoms with van der Waals surface area (Å²) in [6.07, 6.45) is 3.95. The predicted octanol–water partition coefficient (Wildman–Crippen LogP) is -0.186. The van der Waals surface area contributed by atoms with Crippen LogP contribution in [0.15, 0.2) is 29.4 Å². The largest absolute Gasteiger partial charge is 0.464 e. The van der Waals surface area contributed by atoms with Crippen molar-refractivity contribution in [1.29, 1.82) is 0 Å². The molecule has 24 heavy (non-hydrogen) atoms. The van der Waals surface area contributed by atoms with Crippen molar-refractivity contribution in [2.45, 2.75) is 17.9 Å². The van der Waals surface area contributed by atoms with Crippen LogP contribution in [-0.2, 0) is 19.1 Å². The number of pyridine rings is 1. The summed E-state index contributed by atoms with van der Waals surface area (Å²) in [4.78, 5) is 39.5. The molecule has 2 amide bonds. The number of hydrogen-bond donors (Lipinski definition) is 2. The van der Waals surface area contributed by atoms with Crippen LogP contribution >= 0.6 is 11.9 Å². The molecule has 2 N–H and O–H groups in total. The van der Waals surface area contributed by atoms with Crippen LogP contribution in [0.2, 0.25) is 0 Å². The highest BCUT2D eigenvalue weighted by Gasteiger charge is 2.35.